The maximum absolute atomic E-state index is 12.4. The molecule has 2 heteroatoms. The molecule has 1 atom stereocenters. The van der Waals surface area contributed by atoms with Crippen LogP contribution in [0, 0.1) is 18.3 Å². The maximum atomic E-state index is 12.4. The summed E-state index contributed by atoms with van der Waals surface area (Å²) in [5, 5.41) is 0. The summed E-state index contributed by atoms with van der Waals surface area (Å²) < 4.78 is 5.54. The van der Waals surface area contributed by atoms with Gasteiger partial charge in [-0.15, -0.1) is 0 Å². The van der Waals surface area contributed by atoms with Gasteiger partial charge in [-0.3, -0.25) is 4.79 Å². The Hall–Kier alpha value is -1.31. The average Bonchev–Trinajstić information content (AvgIpc) is 2.90. The van der Waals surface area contributed by atoms with E-state index in [9.17, 15) is 4.79 Å². The van der Waals surface area contributed by atoms with Crippen LogP contribution in [0.4, 0.5) is 0 Å². The zero-order valence-corrected chi connectivity index (χ0v) is 11.0. The number of carbonyl (C=O) groups excluding carboxylic acids is 1. The largest absolute Gasteiger partial charge is 0.493 e. The molecular weight excluding hydrogens is 212 g/mol. The lowest BCUT2D eigenvalue weighted by molar-refractivity contribution is 0.0949. The van der Waals surface area contributed by atoms with Gasteiger partial charge in [-0.2, -0.15) is 0 Å². The molecule has 1 fully saturated rings. The first-order chi connectivity index (χ1) is 7.95. The molecule has 1 saturated carbocycles. The van der Waals surface area contributed by atoms with Gasteiger partial charge in [-0.1, -0.05) is 25.5 Å². The zero-order valence-electron chi connectivity index (χ0n) is 11.0. The van der Waals surface area contributed by atoms with Crippen molar-refractivity contribution in [3.63, 3.8) is 0 Å². The van der Waals surface area contributed by atoms with Crippen molar-refractivity contribution in [1.82, 2.24) is 0 Å². The molecule has 0 amide bonds. The third kappa shape index (κ3) is 2.36. The first kappa shape index (κ1) is 12.2. The van der Waals surface area contributed by atoms with Gasteiger partial charge in [0.15, 0.2) is 5.78 Å². The van der Waals surface area contributed by atoms with E-state index in [-0.39, 0.29) is 17.1 Å². The molecule has 0 radical (unpaired) electrons. The second-order valence-corrected chi connectivity index (χ2v) is 5.54. The summed E-state index contributed by atoms with van der Waals surface area (Å²) in [6.45, 7) is 8.83. The molecule has 0 aliphatic heterocycles. The van der Waals surface area contributed by atoms with E-state index < -0.39 is 0 Å². The number of carbonyl (C=O) groups is 1. The van der Waals surface area contributed by atoms with Crippen LogP contribution in [0.25, 0.3) is 0 Å². The number of ether oxygens (including phenoxy) is 1. The van der Waals surface area contributed by atoms with E-state index in [1.165, 1.54) is 0 Å². The van der Waals surface area contributed by atoms with Gasteiger partial charge in [0.25, 0.3) is 0 Å². The number of rotatable bonds is 4. The van der Waals surface area contributed by atoms with Gasteiger partial charge < -0.3 is 4.74 Å². The molecular formula is C15H20O2. The van der Waals surface area contributed by atoms with Crippen LogP contribution in [0.1, 0.15) is 43.1 Å². The van der Waals surface area contributed by atoms with E-state index >= 15 is 0 Å². The highest BCUT2D eigenvalue weighted by Gasteiger charge is 2.50. The van der Waals surface area contributed by atoms with Crippen LogP contribution in [-0.2, 0) is 0 Å². The highest BCUT2D eigenvalue weighted by Crippen LogP contribution is 2.53. The fraction of sp³-hybridized carbons (Fsp3) is 0.533. The van der Waals surface area contributed by atoms with E-state index in [1.807, 2.05) is 32.0 Å². The summed E-state index contributed by atoms with van der Waals surface area (Å²) >= 11 is 0. The standard InChI is InChI=1S/C15H20O2/c1-5-17-13-7-6-10(2)8-11(13)14(16)12-9-15(12,3)4/h6-8,12H,5,9H2,1-4H3. The van der Waals surface area contributed by atoms with Crippen LogP contribution in [-0.4, -0.2) is 12.4 Å². The SMILES string of the molecule is CCOc1ccc(C)cc1C(=O)C1CC1(C)C. The Bertz CT molecular complexity index is 446. The van der Waals surface area contributed by atoms with E-state index in [2.05, 4.69) is 13.8 Å². The highest BCUT2D eigenvalue weighted by molar-refractivity contribution is 6.02. The third-order valence-corrected chi connectivity index (χ3v) is 3.53. The molecule has 0 spiro atoms. The van der Waals surface area contributed by atoms with Crippen LogP contribution in [0.3, 0.4) is 0 Å². The van der Waals surface area contributed by atoms with Gasteiger partial charge in [-0.05, 0) is 37.8 Å². The van der Waals surface area contributed by atoms with Crippen molar-refractivity contribution >= 4 is 5.78 Å². The Morgan fingerprint density at radius 2 is 2.12 bits per heavy atom. The summed E-state index contributed by atoms with van der Waals surface area (Å²) in [6, 6.07) is 5.84. The number of aryl methyl sites for hydroxylation is 1. The van der Waals surface area contributed by atoms with Crippen molar-refractivity contribution < 1.29 is 9.53 Å². The third-order valence-electron chi connectivity index (χ3n) is 3.53. The van der Waals surface area contributed by atoms with E-state index in [0.29, 0.717) is 6.61 Å². The Morgan fingerprint density at radius 1 is 1.47 bits per heavy atom. The quantitative estimate of drug-likeness (QED) is 0.741. The van der Waals surface area contributed by atoms with Crippen molar-refractivity contribution in [1.29, 1.82) is 0 Å². The molecule has 0 bridgehead atoms. The van der Waals surface area contributed by atoms with Crippen LogP contribution in [0.15, 0.2) is 18.2 Å². The number of Topliss-reactive ketones (excluding diaryl/α,β-unsaturated/α-hetero) is 1. The molecule has 1 aromatic rings. The predicted molar refractivity (Wildman–Crippen MR) is 68.6 cm³/mol. The van der Waals surface area contributed by atoms with Gasteiger partial charge in [0, 0.05) is 5.92 Å². The van der Waals surface area contributed by atoms with Crippen LogP contribution in [0.2, 0.25) is 0 Å². The molecule has 2 nitrogen and oxygen atoms in total. The molecule has 1 aliphatic carbocycles. The van der Waals surface area contributed by atoms with Crippen molar-refractivity contribution in [2.24, 2.45) is 11.3 Å². The first-order valence-corrected chi connectivity index (χ1v) is 6.23. The Balaban J connectivity index is 2.30. The normalized spacial score (nSPS) is 21.1. The lowest BCUT2D eigenvalue weighted by Gasteiger charge is -2.11. The van der Waals surface area contributed by atoms with E-state index in [4.69, 9.17) is 4.74 Å². The summed E-state index contributed by atoms with van der Waals surface area (Å²) in [4.78, 5) is 12.4. The molecule has 0 N–H and O–H groups in total. The number of hydrogen-bond acceptors (Lipinski definition) is 2. The Morgan fingerprint density at radius 3 is 2.65 bits per heavy atom. The van der Waals surface area contributed by atoms with Crippen LogP contribution >= 0.6 is 0 Å². The van der Waals surface area contributed by atoms with Gasteiger partial charge in [0.1, 0.15) is 5.75 Å². The molecule has 0 saturated heterocycles. The molecule has 0 aromatic heterocycles. The van der Waals surface area contributed by atoms with Gasteiger partial charge >= 0.3 is 0 Å². The van der Waals surface area contributed by atoms with E-state index in [1.54, 1.807) is 0 Å². The van der Waals surface area contributed by atoms with Crippen molar-refractivity contribution in [2.45, 2.75) is 34.1 Å². The molecule has 92 valence electrons. The second-order valence-electron chi connectivity index (χ2n) is 5.54. The molecule has 2 rings (SSSR count). The molecule has 1 unspecified atom stereocenters. The number of ketones is 1. The number of hydrogen-bond donors (Lipinski definition) is 0. The fourth-order valence-corrected chi connectivity index (χ4v) is 2.22. The minimum Gasteiger partial charge on any atom is -0.493 e. The minimum atomic E-state index is 0.170. The van der Waals surface area contributed by atoms with Gasteiger partial charge in [0.05, 0.1) is 12.2 Å². The molecule has 0 heterocycles. The van der Waals surface area contributed by atoms with Crippen molar-refractivity contribution in [3.8, 4) is 5.75 Å². The summed E-state index contributed by atoms with van der Waals surface area (Å²) in [7, 11) is 0. The maximum Gasteiger partial charge on any atom is 0.170 e. The van der Waals surface area contributed by atoms with Crippen LogP contribution < -0.4 is 4.74 Å². The summed E-state index contributed by atoms with van der Waals surface area (Å²) in [5.74, 6) is 1.14. The minimum absolute atomic E-state index is 0.170. The zero-order chi connectivity index (χ0) is 12.6. The fourth-order valence-electron chi connectivity index (χ4n) is 2.22. The lowest BCUT2D eigenvalue weighted by atomic mass is 9.99. The topological polar surface area (TPSA) is 26.3 Å². The summed E-state index contributed by atoms with van der Waals surface area (Å²) in [5.41, 5.74) is 2.03. The van der Waals surface area contributed by atoms with Gasteiger partial charge in [0.2, 0.25) is 0 Å². The van der Waals surface area contributed by atoms with Crippen molar-refractivity contribution in [3.05, 3.63) is 29.3 Å². The first-order valence-electron chi connectivity index (χ1n) is 6.23. The second kappa shape index (κ2) is 4.17. The predicted octanol–water partition coefficient (Wildman–Crippen LogP) is 3.62. The molecule has 17 heavy (non-hydrogen) atoms. The van der Waals surface area contributed by atoms with Gasteiger partial charge in [-0.25, -0.2) is 0 Å². The number of benzene rings is 1. The summed E-state index contributed by atoms with van der Waals surface area (Å²) in [6.07, 6.45) is 0.991. The van der Waals surface area contributed by atoms with Crippen LogP contribution in [0.5, 0.6) is 5.75 Å². The average molecular weight is 232 g/mol. The monoisotopic (exact) mass is 232 g/mol. The Kier molecular flexibility index (Phi) is 2.98. The molecule has 1 aromatic carbocycles. The lowest BCUT2D eigenvalue weighted by Crippen LogP contribution is -2.09. The smallest absolute Gasteiger partial charge is 0.170 e. The van der Waals surface area contributed by atoms with E-state index in [0.717, 1.165) is 23.3 Å². The highest BCUT2D eigenvalue weighted by atomic mass is 16.5. The molecule has 1 aliphatic rings. The Labute approximate surface area is 103 Å². The van der Waals surface area contributed by atoms with Crippen molar-refractivity contribution in [2.75, 3.05) is 6.61 Å².